The van der Waals surface area contributed by atoms with E-state index in [2.05, 4.69) is 5.32 Å². The lowest BCUT2D eigenvalue weighted by atomic mass is 10.3. The average molecular weight is 180 g/mol. The van der Waals surface area contributed by atoms with Gasteiger partial charge in [-0.2, -0.15) is 0 Å². The van der Waals surface area contributed by atoms with Crippen LogP contribution in [0, 0.1) is 0 Å². The quantitative estimate of drug-likeness (QED) is 0.681. The molecule has 0 atom stereocenters. The highest BCUT2D eigenvalue weighted by atomic mass is 16.1. The van der Waals surface area contributed by atoms with Crippen LogP contribution in [0.25, 0.3) is 0 Å². The Morgan fingerprint density at radius 1 is 1.31 bits per heavy atom. The van der Waals surface area contributed by atoms with Crippen molar-refractivity contribution in [1.82, 2.24) is 9.88 Å². The van der Waals surface area contributed by atoms with Gasteiger partial charge in [-0.25, -0.2) is 0 Å². The van der Waals surface area contributed by atoms with Crippen molar-refractivity contribution in [1.29, 1.82) is 0 Å². The van der Waals surface area contributed by atoms with Crippen LogP contribution < -0.4 is 10.7 Å². The molecule has 0 radical (unpaired) electrons. The van der Waals surface area contributed by atoms with Crippen molar-refractivity contribution in [2.75, 3.05) is 13.6 Å². The van der Waals surface area contributed by atoms with Crippen molar-refractivity contribution in [3.8, 4) is 0 Å². The van der Waals surface area contributed by atoms with E-state index < -0.39 is 0 Å². The van der Waals surface area contributed by atoms with Crippen molar-refractivity contribution in [3.05, 3.63) is 34.7 Å². The van der Waals surface area contributed by atoms with Gasteiger partial charge in [0.05, 0.1) is 0 Å². The van der Waals surface area contributed by atoms with Crippen molar-refractivity contribution in [2.24, 2.45) is 0 Å². The fraction of sp³-hybridized carbons (Fsp3) is 0.500. The SMILES string of the molecule is CNCCCCn1ccc(=O)cc1. The molecular formula is C10H16N2O. The summed E-state index contributed by atoms with van der Waals surface area (Å²) in [6.45, 7) is 2.04. The maximum absolute atomic E-state index is 10.8. The van der Waals surface area contributed by atoms with Crippen molar-refractivity contribution in [3.63, 3.8) is 0 Å². The number of hydrogen-bond acceptors (Lipinski definition) is 2. The Morgan fingerprint density at radius 3 is 2.62 bits per heavy atom. The van der Waals surface area contributed by atoms with Crippen LogP contribution in [-0.4, -0.2) is 18.2 Å². The third-order valence-corrected chi connectivity index (χ3v) is 1.95. The molecule has 0 fully saturated rings. The highest BCUT2D eigenvalue weighted by Gasteiger charge is 1.89. The second-order valence-electron chi connectivity index (χ2n) is 3.08. The second kappa shape index (κ2) is 5.54. The number of unbranched alkanes of at least 4 members (excludes halogenated alkanes) is 1. The van der Waals surface area contributed by atoms with Gasteiger partial charge in [-0.3, -0.25) is 4.79 Å². The molecule has 1 heterocycles. The zero-order chi connectivity index (χ0) is 9.52. The summed E-state index contributed by atoms with van der Waals surface area (Å²) in [5.41, 5.74) is 0.0754. The van der Waals surface area contributed by atoms with E-state index in [9.17, 15) is 4.79 Å². The summed E-state index contributed by atoms with van der Waals surface area (Å²) in [6, 6.07) is 3.19. The number of nitrogens with one attached hydrogen (secondary N) is 1. The molecule has 1 N–H and O–H groups in total. The standard InChI is InChI=1S/C10H16N2O/c1-11-6-2-3-7-12-8-4-10(13)5-9-12/h4-5,8-9,11H,2-3,6-7H2,1H3. The Hall–Kier alpha value is -1.09. The minimum atomic E-state index is 0.0754. The fourth-order valence-corrected chi connectivity index (χ4v) is 1.19. The summed E-state index contributed by atoms with van der Waals surface area (Å²) in [5.74, 6) is 0. The van der Waals surface area contributed by atoms with Gasteiger partial charge >= 0.3 is 0 Å². The molecule has 0 bridgehead atoms. The topological polar surface area (TPSA) is 34.0 Å². The van der Waals surface area contributed by atoms with Gasteiger partial charge in [0.1, 0.15) is 0 Å². The highest BCUT2D eigenvalue weighted by Crippen LogP contribution is 1.92. The molecule has 1 aromatic rings. The Balaban J connectivity index is 2.29. The maximum Gasteiger partial charge on any atom is 0.181 e. The van der Waals surface area contributed by atoms with Crippen molar-refractivity contribution >= 4 is 0 Å². The third kappa shape index (κ3) is 3.90. The predicted octanol–water partition coefficient (Wildman–Crippen LogP) is 0.848. The van der Waals surface area contributed by atoms with Gasteiger partial charge in [0.25, 0.3) is 0 Å². The number of aromatic nitrogens is 1. The number of hydrogen-bond donors (Lipinski definition) is 1. The van der Waals surface area contributed by atoms with E-state index >= 15 is 0 Å². The Morgan fingerprint density at radius 2 is 2.00 bits per heavy atom. The zero-order valence-corrected chi connectivity index (χ0v) is 7.99. The molecule has 0 aliphatic rings. The molecule has 1 aromatic heterocycles. The normalized spacial score (nSPS) is 10.2. The number of rotatable bonds is 5. The van der Waals surface area contributed by atoms with E-state index in [-0.39, 0.29) is 5.43 Å². The lowest BCUT2D eigenvalue weighted by Crippen LogP contribution is -2.09. The van der Waals surface area contributed by atoms with Gasteiger partial charge in [-0.05, 0) is 26.4 Å². The first kappa shape index (κ1) is 9.99. The summed E-state index contributed by atoms with van der Waals surface area (Å²) >= 11 is 0. The van der Waals surface area contributed by atoms with Crippen molar-refractivity contribution in [2.45, 2.75) is 19.4 Å². The van der Waals surface area contributed by atoms with E-state index in [0.29, 0.717) is 0 Å². The summed E-state index contributed by atoms with van der Waals surface area (Å²) in [6.07, 6.45) is 5.98. The van der Waals surface area contributed by atoms with Crippen LogP contribution in [0.5, 0.6) is 0 Å². The van der Waals surface area contributed by atoms with Gasteiger partial charge in [-0.15, -0.1) is 0 Å². The van der Waals surface area contributed by atoms with E-state index in [1.165, 1.54) is 6.42 Å². The largest absolute Gasteiger partial charge is 0.354 e. The van der Waals surface area contributed by atoms with Gasteiger partial charge in [-0.1, -0.05) is 0 Å². The smallest absolute Gasteiger partial charge is 0.181 e. The molecule has 0 aliphatic carbocycles. The average Bonchev–Trinajstić information content (AvgIpc) is 2.15. The summed E-state index contributed by atoms with van der Waals surface area (Å²) in [5, 5.41) is 3.10. The molecule has 0 spiro atoms. The lowest BCUT2D eigenvalue weighted by molar-refractivity contribution is 0.588. The molecule has 13 heavy (non-hydrogen) atoms. The number of nitrogens with zero attached hydrogens (tertiary/aromatic N) is 1. The van der Waals surface area contributed by atoms with Crippen LogP contribution in [0.15, 0.2) is 29.3 Å². The zero-order valence-electron chi connectivity index (χ0n) is 7.99. The molecular weight excluding hydrogens is 164 g/mol. The van der Waals surface area contributed by atoms with Crippen LogP contribution in [0.4, 0.5) is 0 Å². The molecule has 72 valence electrons. The molecule has 0 saturated carbocycles. The van der Waals surface area contributed by atoms with Gasteiger partial charge in [0.2, 0.25) is 0 Å². The molecule has 0 saturated heterocycles. The molecule has 0 unspecified atom stereocenters. The minimum absolute atomic E-state index is 0.0754. The molecule has 3 heteroatoms. The van der Waals surface area contributed by atoms with Crippen LogP contribution in [0.2, 0.25) is 0 Å². The van der Waals surface area contributed by atoms with Gasteiger partial charge in [0, 0.05) is 31.1 Å². The van der Waals surface area contributed by atoms with Gasteiger partial charge in [0.15, 0.2) is 5.43 Å². The number of aryl methyl sites for hydroxylation is 1. The molecule has 0 aliphatic heterocycles. The Kier molecular flexibility index (Phi) is 4.26. The van der Waals surface area contributed by atoms with E-state index in [1.807, 2.05) is 24.0 Å². The summed E-state index contributed by atoms with van der Waals surface area (Å²) in [4.78, 5) is 10.8. The van der Waals surface area contributed by atoms with Crippen molar-refractivity contribution < 1.29 is 0 Å². The first-order valence-electron chi connectivity index (χ1n) is 4.63. The third-order valence-electron chi connectivity index (χ3n) is 1.95. The molecule has 1 rings (SSSR count). The Labute approximate surface area is 78.4 Å². The Bertz CT molecular complexity index is 273. The molecule has 3 nitrogen and oxygen atoms in total. The maximum atomic E-state index is 10.8. The molecule has 0 amide bonds. The lowest BCUT2D eigenvalue weighted by Gasteiger charge is -2.04. The highest BCUT2D eigenvalue weighted by molar-refractivity contribution is 4.93. The fourth-order valence-electron chi connectivity index (χ4n) is 1.19. The van der Waals surface area contributed by atoms with Crippen LogP contribution >= 0.6 is 0 Å². The van der Waals surface area contributed by atoms with Crippen LogP contribution in [0.3, 0.4) is 0 Å². The first-order chi connectivity index (χ1) is 6.33. The van der Waals surface area contributed by atoms with Gasteiger partial charge < -0.3 is 9.88 Å². The van der Waals surface area contributed by atoms with E-state index in [1.54, 1.807) is 12.1 Å². The first-order valence-corrected chi connectivity index (χ1v) is 4.63. The van der Waals surface area contributed by atoms with Crippen LogP contribution in [0.1, 0.15) is 12.8 Å². The van der Waals surface area contributed by atoms with Crippen LogP contribution in [-0.2, 0) is 6.54 Å². The predicted molar refractivity (Wildman–Crippen MR) is 53.9 cm³/mol. The molecule has 0 aromatic carbocycles. The number of pyridine rings is 1. The summed E-state index contributed by atoms with van der Waals surface area (Å²) in [7, 11) is 1.96. The minimum Gasteiger partial charge on any atom is -0.354 e. The second-order valence-corrected chi connectivity index (χ2v) is 3.08. The van der Waals surface area contributed by atoms with E-state index in [4.69, 9.17) is 0 Å². The van der Waals surface area contributed by atoms with E-state index in [0.717, 1.165) is 19.5 Å². The summed E-state index contributed by atoms with van der Waals surface area (Å²) < 4.78 is 2.04. The monoisotopic (exact) mass is 180 g/mol.